The van der Waals surface area contributed by atoms with Gasteiger partial charge in [-0.2, -0.15) is 0 Å². The zero-order valence-corrected chi connectivity index (χ0v) is 11.7. The molecule has 0 unspecified atom stereocenters. The van der Waals surface area contributed by atoms with Crippen molar-refractivity contribution in [1.82, 2.24) is 4.98 Å². The molecule has 0 amide bonds. The van der Waals surface area contributed by atoms with Crippen molar-refractivity contribution in [3.63, 3.8) is 0 Å². The SMILES string of the molecule is COC(=O)c1c(I)ncc(I)c1C(F)F. The molecule has 0 bridgehead atoms. The molecule has 0 aliphatic rings. The molecule has 1 aromatic heterocycles. The Bertz CT molecular complexity index is 398. The van der Waals surface area contributed by atoms with Crippen LogP contribution in [0.2, 0.25) is 0 Å². The maximum atomic E-state index is 12.7. The average molecular weight is 439 g/mol. The van der Waals surface area contributed by atoms with Crippen LogP contribution in [0.25, 0.3) is 0 Å². The van der Waals surface area contributed by atoms with Crippen molar-refractivity contribution in [2.75, 3.05) is 7.11 Å². The molecule has 0 aliphatic heterocycles. The first kappa shape index (κ1) is 13.0. The Morgan fingerprint density at radius 2 is 2.13 bits per heavy atom. The fourth-order valence-electron chi connectivity index (χ4n) is 0.988. The number of hydrogen-bond acceptors (Lipinski definition) is 3. The van der Waals surface area contributed by atoms with Crippen molar-refractivity contribution in [1.29, 1.82) is 0 Å². The summed E-state index contributed by atoms with van der Waals surface area (Å²) in [6.45, 7) is 0. The van der Waals surface area contributed by atoms with Gasteiger partial charge >= 0.3 is 5.97 Å². The maximum Gasteiger partial charge on any atom is 0.341 e. The highest BCUT2D eigenvalue weighted by Crippen LogP contribution is 2.30. The number of ether oxygens (including phenoxy) is 1. The minimum atomic E-state index is -2.72. The monoisotopic (exact) mass is 439 g/mol. The fourth-order valence-corrected chi connectivity index (χ4v) is 2.28. The molecule has 0 N–H and O–H groups in total. The Balaban J connectivity index is 3.45. The van der Waals surface area contributed by atoms with E-state index in [1.165, 1.54) is 6.20 Å². The van der Waals surface area contributed by atoms with Gasteiger partial charge in [-0.25, -0.2) is 18.6 Å². The van der Waals surface area contributed by atoms with Crippen LogP contribution in [0.1, 0.15) is 22.3 Å². The summed E-state index contributed by atoms with van der Waals surface area (Å²) in [6, 6.07) is 0. The molecule has 1 rings (SSSR count). The largest absolute Gasteiger partial charge is 0.465 e. The summed E-state index contributed by atoms with van der Waals surface area (Å²) in [5, 5.41) is 0. The lowest BCUT2D eigenvalue weighted by Crippen LogP contribution is -2.11. The molecule has 0 atom stereocenters. The highest BCUT2D eigenvalue weighted by molar-refractivity contribution is 14.1. The number of halogens is 4. The second-order valence-electron chi connectivity index (χ2n) is 2.48. The predicted molar refractivity (Wildman–Crippen MR) is 66.0 cm³/mol. The van der Waals surface area contributed by atoms with Gasteiger partial charge in [-0.3, -0.25) is 0 Å². The fraction of sp³-hybridized carbons (Fsp3) is 0.250. The highest BCUT2D eigenvalue weighted by Gasteiger charge is 2.25. The lowest BCUT2D eigenvalue weighted by atomic mass is 10.1. The van der Waals surface area contributed by atoms with E-state index in [1.807, 2.05) is 0 Å². The molecule has 1 aromatic rings. The molecular formula is C8H5F2I2NO2. The Labute approximate surface area is 112 Å². The van der Waals surface area contributed by atoms with Gasteiger partial charge < -0.3 is 4.74 Å². The van der Waals surface area contributed by atoms with Crippen LogP contribution in [0.15, 0.2) is 6.20 Å². The molecule has 0 spiro atoms. The molecule has 82 valence electrons. The lowest BCUT2D eigenvalue weighted by molar-refractivity contribution is 0.0586. The quantitative estimate of drug-likeness (QED) is 0.405. The van der Waals surface area contributed by atoms with Crippen molar-refractivity contribution < 1.29 is 18.3 Å². The zero-order chi connectivity index (χ0) is 11.6. The zero-order valence-electron chi connectivity index (χ0n) is 7.43. The van der Waals surface area contributed by atoms with E-state index >= 15 is 0 Å². The van der Waals surface area contributed by atoms with Crippen LogP contribution < -0.4 is 0 Å². The first-order chi connectivity index (χ1) is 6.99. The van der Waals surface area contributed by atoms with E-state index in [2.05, 4.69) is 9.72 Å². The van der Waals surface area contributed by atoms with Crippen LogP contribution in [0.4, 0.5) is 8.78 Å². The highest BCUT2D eigenvalue weighted by atomic mass is 127. The Morgan fingerprint density at radius 3 is 2.60 bits per heavy atom. The Kier molecular flexibility index (Phi) is 4.62. The van der Waals surface area contributed by atoms with Gasteiger partial charge in [0, 0.05) is 15.3 Å². The summed E-state index contributed by atoms with van der Waals surface area (Å²) in [7, 11) is 1.15. The predicted octanol–water partition coefficient (Wildman–Crippen LogP) is 3.02. The smallest absolute Gasteiger partial charge is 0.341 e. The van der Waals surface area contributed by atoms with E-state index in [9.17, 15) is 13.6 Å². The number of nitrogens with zero attached hydrogens (tertiary/aromatic N) is 1. The molecule has 0 radical (unpaired) electrons. The molecule has 0 fully saturated rings. The van der Waals surface area contributed by atoms with Gasteiger partial charge in [0.25, 0.3) is 6.43 Å². The summed E-state index contributed by atoms with van der Waals surface area (Å²) in [4.78, 5) is 15.1. The van der Waals surface area contributed by atoms with Gasteiger partial charge in [0.1, 0.15) is 9.26 Å². The molecule has 3 nitrogen and oxygen atoms in total. The van der Waals surface area contributed by atoms with Crippen LogP contribution in [-0.4, -0.2) is 18.1 Å². The summed E-state index contributed by atoms with van der Waals surface area (Å²) in [6.07, 6.45) is -1.42. The third-order valence-electron chi connectivity index (χ3n) is 1.63. The van der Waals surface area contributed by atoms with Crippen molar-refractivity contribution in [2.24, 2.45) is 0 Å². The molecule has 0 saturated carbocycles. The number of carbonyl (C=O) groups excluding carboxylic acids is 1. The number of hydrogen-bond donors (Lipinski definition) is 0. The maximum absolute atomic E-state index is 12.7. The topological polar surface area (TPSA) is 39.2 Å². The average Bonchev–Trinajstić information content (AvgIpc) is 2.19. The van der Waals surface area contributed by atoms with E-state index in [-0.39, 0.29) is 18.4 Å². The van der Waals surface area contributed by atoms with E-state index in [1.54, 1.807) is 45.2 Å². The Hall–Kier alpha value is -0.0600. The van der Waals surface area contributed by atoms with Crippen LogP contribution in [0, 0.1) is 7.27 Å². The number of rotatable bonds is 2. The van der Waals surface area contributed by atoms with Crippen LogP contribution in [-0.2, 0) is 4.74 Å². The molecule has 0 aliphatic carbocycles. The van der Waals surface area contributed by atoms with Gasteiger partial charge in [0.05, 0.1) is 7.11 Å². The summed E-state index contributed by atoms with van der Waals surface area (Å²) >= 11 is 3.44. The van der Waals surface area contributed by atoms with Crippen molar-refractivity contribution >= 4 is 51.2 Å². The molecular weight excluding hydrogens is 434 g/mol. The van der Waals surface area contributed by atoms with Gasteiger partial charge in [-0.05, 0) is 45.2 Å². The van der Waals surface area contributed by atoms with Crippen LogP contribution in [0.3, 0.4) is 0 Å². The minimum Gasteiger partial charge on any atom is -0.465 e. The molecule has 15 heavy (non-hydrogen) atoms. The van der Waals surface area contributed by atoms with Crippen LogP contribution >= 0.6 is 45.2 Å². The number of esters is 1. The minimum absolute atomic E-state index is 0.153. The van der Waals surface area contributed by atoms with Gasteiger partial charge in [-0.1, -0.05) is 0 Å². The number of aromatic nitrogens is 1. The molecule has 1 heterocycles. The number of carbonyl (C=O) groups is 1. The third-order valence-corrected chi connectivity index (χ3v) is 3.31. The summed E-state index contributed by atoms with van der Waals surface area (Å²) < 4.78 is 30.4. The van der Waals surface area contributed by atoms with Gasteiger partial charge in [0.2, 0.25) is 0 Å². The number of alkyl halides is 2. The normalized spacial score (nSPS) is 10.5. The second-order valence-corrected chi connectivity index (χ2v) is 4.66. The third kappa shape index (κ3) is 2.74. The first-order valence-electron chi connectivity index (χ1n) is 3.69. The summed E-state index contributed by atoms with van der Waals surface area (Å²) in [5.41, 5.74) is -0.471. The van der Waals surface area contributed by atoms with E-state index in [0.29, 0.717) is 0 Å². The molecule has 0 aromatic carbocycles. The van der Waals surface area contributed by atoms with Gasteiger partial charge in [0.15, 0.2) is 0 Å². The van der Waals surface area contributed by atoms with E-state index < -0.39 is 12.4 Å². The number of pyridine rings is 1. The molecule has 7 heteroatoms. The van der Waals surface area contributed by atoms with Gasteiger partial charge in [-0.15, -0.1) is 0 Å². The lowest BCUT2D eigenvalue weighted by Gasteiger charge is -2.10. The second kappa shape index (κ2) is 5.32. The number of methoxy groups -OCH3 is 1. The molecule has 0 saturated heterocycles. The van der Waals surface area contributed by atoms with E-state index in [0.717, 1.165) is 7.11 Å². The first-order valence-corrected chi connectivity index (χ1v) is 5.85. The van der Waals surface area contributed by atoms with Crippen molar-refractivity contribution in [3.05, 3.63) is 24.6 Å². The Morgan fingerprint density at radius 1 is 1.53 bits per heavy atom. The summed E-state index contributed by atoms with van der Waals surface area (Å²) in [5.74, 6) is -0.791. The standard InChI is InChI=1S/C8H5F2I2NO2/c1-15-8(14)5-4(6(9)10)3(11)2-13-7(5)12/h2,6H,1H3. The van der Waals surface area contributed by atoms with Crippen molar-refractivity contribution in [3.8, 4) is 0 Å². The van der Waals surface area contributed by atoms with E-state index in [4.69, 9.17) is 0 Å². The van der Waals surface area contributed by atoms with Crippen molar-refractivity contribution in [2.45, 2.75) is 6.43 Å². The van der Waals surface area contributed by atoms with Crippen LogP contribution in [0.5, 0.6) is 0 Å².